The molecule has 0 saturated carbocycles. The number of thiazole rings is 1. The van der Waals surface area contributed by atoms with Crippen LogP contribution >= 0.6 is 11.3 Å². The second-order valence-electron chi connectivity index (χ2n) is 4.19. The predicted molar refractivity (Wildman–Crippen MR) is 76.9 cm³/mol. The van der Waals surface area contributed by atoms with Crippen molar-refractivity contribution in [2.45, 2.75) is 19.9 Å². The van der Waals surface area contributed by atoms with Gasteiger partial charge in [-0.25, -0.2) is 15.0 Å². The number of fused-ring (bicyclic) bond motifs is 1. The highest BCUT2D eigenvalue weighted by molar-refractivity contribution is 7.11. The minimum Gasteiger partial charge on any atom is -0.479 e. The minimum atomic E-state index is 0.382. The van der Waals surface area contributed by atoms with Crippen LogP contribution in [-0.2, 0) is 13.0 Å². The van der Waals surface area contributed by atoms with E-state index in [1.807, 2.05) is 10.8 Å². The largest absolute Gasteiger partial charge is 0.479 e. The van der Waals surface area contributed by atoms with Gasteiger partial charge in [0.2, 0.25) is 11.8 Å². The summed E-state index contributed by atoms with van der Waals surface area (Å²) in [5, 5.41) is 0.977. The second-order valence-corrected chi connectivity index (χ2v) is 5.38. The van der Waals surface area contributed by atoms with Crippen LogP contribution in [0, 0.1) is 0 Å². The Kier molecular flexibility index (Phi) is 3.23. The molecular weight excluding hydrogens is 276 g/mol. The molecule has 3 aromatic rings. The summed E-state index contributed by atoms with van der Waals surface area (Å²) in [7, 11) is 1.55. The molecule has 3 heterocycles. The molecule has 8 heteroatoms. The third-order valence-corrected chi connectivity index (χ3v) is 4.09. The molecule has 0 saturated heterocycles. The summed E-state index contributed by atoms with van der Waals surface area (Å²) in [6, 6.07) is 0. The monoisotopic (exact) mass is 290 g/mol. The van der Waals surface area contributed by atoms with E-state index in [-0.39, 0.29) is 0 Å². The maximum absolute atomic E-state index is 5.97. The number of hydrogen-bond acceptors (Lipinski definition) is 7. The number of rotatable bonds is 4. The van der Waals surface area contributed by atoms with Gasteiger partial charge in [0.25, 0.3) is 0 Å². The van der Waals surface area contributed by atoms with Crippen molar-refractivity contribution in [3.8, 4) is 5.88 Å². The van der Waals surface area contributed by atoms with E-state index < -0.39 is 0 Å². The van der Waals surface area contributed by atoms with Gasteiger partial charge in [-0.2, -0.15) is 4.98 Å². The van der Waals surface area contributed by atoms with Gasteiger partial charge in [0.1, 0.15) is 11.3 Å². The summed E-state index contributed by atoms with van der Waals surface area (Å²) in [4.78, 5) is 18.2. The van der Waals surface area contributed by atoms with E-state index in [2.05, 4.69) is 26.9 Å². The van der Waals surface area contributed by atoms with Crippen molar-refractivity contribution in [3.05, 3.63) is 22.4 Å². The van der Waals surface area contributed by atoms with Crippen LogP contribution in [0.5, 0.6) is 5.88 Å². The highest BCUT2D eigenvalue weighted by Gasteiger charge is 2.15. The van der Waals surface area contributed by atoms with E-state index in [1.165, 1.54) is 11.2 Å². The number of aromatic nitrogens is 5. The molecule has 3 rings (SSSR count). The summed E-state index contributed by atoms with van der Waals surface area (Å²) >= 11 is 1.67. The van der Waals surface area contributed by atoms with Crippen LogP contribution in [0.1, 0.15) is 16.8 Å². The van der Waals surface area contributed by atoms with Gasteiger partial charge in [0, 0.05) is 11.1 Å². The van der Waals surface area contributed by atoms with Crippen molar-refractivity contribution >= 4 is 28.4 Å². The minimum absolute atomic E-state index is 0.382. The Morgan fingerprint density at radius 3 is 2.90 bits per heavy atom. The quantitative estimate of drug-likeness (QED) is 0.782. The molecule has 0 atom stereocenters. The van der Waals surface area contributed by atoms with Crippen molar-refractivity contribution in [1.29, 1.82) is 0 Å². The van der Waals surface area contributed by atoms with Crippen LogP contribution in [0.15, 0.2) is 12.5 Å². The van der Waals surface area contributed by atoms with E-state index >= 15 is 0 Å². The van der Waals surface area contributed by atoms with Crippen molar-refractivity contribution in [3.63, 3.8) is 0 Å². The maximum Gasteiger partial charge on any atom is 0.245 e. The Bertz CT molecular complexity index is 750. The van der Waals surface area contributed by atoms with Crippen molar-refractivity contribution in [1.82, 2.24) is 24.5 Å². The molecule has 7 nitrogen and oxygen atoms in total. The zero-order valence-electron chi connectivity index (χ0n) is 11.2. The lowest BCUT2D eigenvalue weighted by molar-refractivity contribution is 0.401. The lowest BCUT2D eigenvalue weighted by Crippen LogP contribution is -2.05. The van der Waals surface area contributed by atoms with Gasteiger partial charge in [0.15, 0.2) is 11.2 Å². The molecule has 104 valence electrons. The summed E-state index contributed by atoms with van der Waals surface area (Å²) in [5.74, 6) is 0.806. The molecule has 20 heavy (non-hydrogen) atoms. The van der Waals surface area contributed by atoms with Crippen LogP contribution in [0.25, 0.3) is 11.2 Å². The van der Waals surface area contributed by atoms with Crippen LogP contribution in [0.4, 0.5) is 5.95 Å². The van der Waals surface area contributed by atoms with Crippen LogP contribution < -0.4 is 10.5 Å². The first kappa shape index (κ1) is 12.8. The fourth-order valence-electron chi connectivity index (χ4n) is 1.96. The van der Waals surface area contributed by atoms with Crippen LogP contribution in [0.3, 0.4) is 0 Å². The van der Waals surface area contributed by atoms with Gasteiger partial charge in [-0.3, -0.25) is 4.57 Å². The number of nitrogens with zero attached hydrogens (tertiary/aromatic N) is 5. The Morgan fingerprint density at radius 2 is 2.20 bits per heavy atom. The van der Waals surface area contributed by atoms with Gasteiger partial charge >= 0.3 is 0 Å². The standard InChI is InChI=1S/C12H14N6OS/c1-3-7-4-14-8(20-7)5-18-10-9(17-12(18)13)11(19-2)16-6-15-10/h4,6H,3,5H2,1-2H3,(H2,13,17). The fourth-order valence-corrected chi connectivity index (χ4v) is 2.81. The molecule has 0 amide bonds. The van der Waals surface area contributed by atoms with E-state index in [0.717, 1.165) is 11.4 Å². The average molecular weight is 290 g/mol. The molecule has 0 aromatic carbocycles. The molecule has 2 N–H and O–H groups in total. The SMILES string of the molecule is CCc1cnc(Cn2c(N)nc3c(OC)ncnc32)s1. The Balaban J connectivity index is 2.04. The van der Waals surface area contributed by atoms with Crippen molar-refractivity contribution in [2.24, 2.45) is 0 Å². The lowest BCUT2D eigenvalue weighted by atomic mass is 10.4. The molecular formula is C12H14N6OS. The summed E-state index contributed by atoms with van der Waals surface area (Å²) < 4.78 is 6.99. The Morgan fingerprint density at radius 1 is 1.35 bits per heavy atom. The van der Waals surface area contributed by atoms with Crippen molar-refractivity contribution in [2.75, 3.05) is 12.8 Å². The summed E-state index contributed by atoms with van der Waals surface area (Å²) in [6.07, 6.45) is 4.32. The lowest BCUT2D eigenvalue weighted by Gasteiger charge is -2.03. The smallest absolute Gasteiger partial charge is 0.245 e. The first-order valence-electron chi connectivity index (χ1n) is 6.17. The average Bonchev–Trinajstić information content (AvgIpc) is 3.04. The van der Waals surface area contributed by atoms with Gasteiger partial charge in [-0.15, -0.1) is 11.3 Å². The molecule has 0 unspecified atom stereocenters. The zero-order chi connectivity index (χ0) is 14.1. The third kappa shape index (κ3) is 2.07. The van der Waals surface area contributed by atoms with Crippen molar-refractivity contribution < 1.29 is 4.74 Å². The number of hydrogen-bond donors (Lipinski definition) is 1. The summed E-state index contributed by atoms with van der Waals surface area (Å²) in [5.41, 5.74) is 7.19. The highest BCUT2D eigenvalue weighted by atomic mass is 32.1. The molecule has 0 aliphatic rings. The molecule has 0 aliphatic heterocycles. The van der Waals surface area contributed by atoms with Gasteiger partial charge in [-0.05, 0) is 6.42 Å². The molecule has 0 fully saturated rings. The highest BCUT2D eigenvalue weighted by Crippen LogP contribution is 2.24. The normalized spacial score (nSPS) is 11.1. The first-order chi connectivity index (χ1) is 9.72. The number of nitrogens with two attached hydrogens (primary N) is 1. The molecule has 0 aliphatic carbocycles. The third-order valence-electron chi connectivity index (χ3n) is 2.96. The van der Waals surface area contributed by atoms with E-state index in [4.69, 9.17) is 10.5 Å². The molecule has 3 aromatic heterocycles. The number of methoxy groups -OCH3 is 1. The Hall–Kier alpha value is -2.22. The number of imidazole rings is 1. The number of anilines is 1. The van der Waals surface area contributed by atoms with Gasteiger partial charge in [0.05, 0.1) is 13.7 Å². The maximum atomic E-state index is 5.97. The second kappa shape index (κ2) is 5.04. The number of ether oxygens (including phenoxy) is 1. The number of nitrogen functional groups attached to an aromatic ring is 1. The summed E-state index contributed by atoms with van der Waals surface area (Å²) in [6.45, 7) is 2.66. The predicted octanol–water partition coefficient (Wildman–Crippen LogP) is 1.48. The van der Waals surface area contributed by atoms with Crippen LogP contribution in [0.2, 0.25) is 0 Å². The zero-order valence-corrected chi connectivity index (χ0v) is 12.0. The fraction of sp³-hybridized carbons (Fsp3) is 0.333. The Labute approximate surface area is 119 Å². The van der Waals surface area contributed by atoms with E-state index in [9.17, 15) is 0 Å². The molecule has 0 radical (unpaired) electrons. The van der Waals surface area contributed by atoms with E-state index in [1.54, 1.807) is 18.4 Å². The van der Waals surface area contributed by atoms with Gasteiger partial charge < -0.3 is 10.5 Å². The van der Waals surface area contributed by atoms with Crippen LogP contribution in [-0.4, -0.2) is 31.6 Å². The topological polar surface area (TPSA) is 91.7 Å². The molecule has 0 bridgehead atoms. The first-order valence-corrected chi connectivity index (χ1v) is 6.98. The number of aryl methyl sites for hydroxylation is 1. The van der Waals surface area contributed by atoms with Gasteiger partial charge in [-0.1, -0.05) is 6.92 Å². The molecule has 0 spiro atoms. The van der Waals surface area contributed by atoms with E-state index in [0.29, 0.717) is 29.5 Å².